The Kier molecular flexibility index (Phi) is 5.74. The Hall–Kier alpha value is -1.66. The molecule has 0 radical (unpaired) electrons. The Labute approximate surface area is 138 Å². The third kappa shape index (κ3) is 2.94. The second-order valence-corrected chi connectivity index (χ2v) is 8.49. The Bertz CT molecular complexity index is 590. The molecule has 0 fully saturated rings. The topological polar surface area (TPSA) is 9.23 Å². The number of hydrogen-bond donors (Lipinski definition) is 0. The molecule has 0 aliphatic carbocycles. The van der Waals surface area contributed by atoms with Gasteiger partial charge in [-0.3, -0.25) is 0 Å². The smallest absolute Gasteiger partial charge is 0.147 e. The molecule has 0 N–H and O–H groups in total. The number of hydrogen-bond acceptors (Lipinski definition) is 1. The molecule has 0 atom stereocenters. The van der Waals surface area contributed by atoms with Crippen LogP contribution in [0.3, 0.4) is 0 Å². The van der Waals surface area contributed by atoms with E-state index in [4.69, 9.17) is 4.52 Å². The SMILES string of the molecule is CO[PH](c1ccccc1)(c1ccccc1)c1ccccc1.Cl. The molecule has 0 unspecified atom stereocenters. The van der Waals surface area contributed by atoms with Crippen molar-refractivity contribution in [1.29, 1.82) is 0 Å². The van der Waals surface area contributed by atoms with Crippen LogP contribution in [0, 0.1) is 0 Å². The van der Waals surface area contributed by atoms with Gasteiger partial charge in [0, 0.05) is 0 Å². The first-order valence-corrected chi connectivity index (χ1v) is 9.00. The molecule has 0 aliphatic heterocycles. The summed E-state index contributed by atoms with van der Waals surface area (Å²) < 4.78 is 6.24. The van der Waals surface area contributed by atoms with Crippen LogP contribution in [0.5, 0.6) is 0 Å². The second kappa shape index (κ2) is 7.56. The summed E-state index contributed by atoms with van der Waals surface area (Å²) in [6, 6.07) is 31.7. The van der Waals surface area contributed by atoms with Gasteiger partial charge in [-0.05, 0) is 0 Å². The fraction of sp³-hybridized carbons (Fsp3) is 0.0526. The second-order valence-electron chi connectivity index (χ2n) is 4.98. The van der Waals surface area contributed by atoms with E-state index in [0.717, 1.165) is 0 Å². The summed E-state index contributed by atoms with van der Waals surface area (Å²) in [5.74, 6) is 0. The quantitative estimate of drug-likeness (QED) is 0.663. The van der Waals surface area contributed by atoms with Crippen molar-refractivity contribution in [3.8, 4) is 0 Å². The van der Waals surface area contributed by atoms with E-state index in [0.29, 0.717) is 0 Å². The van der Waals surface area contributed by atoms with Gasteiger partial charge in [-0.1, -0.05) is 0 Å². The molecule has 114 valence electrons. The fourth-order valence-electron chi connectivity index (χ4n) is 2.87. The summed E-state index contributed by atoms with van der Waals surface area (Å²) in [6.07, 6.45) is 0. The maximum atomic E-state index is 6.24. The molecular formula is C19H20ClOP. The van der Waals surface area contributed by atoms with Crippen molar-refractivity contribution in [2.24, 2.45) is 0 Å². The van der Waals surface area contributed by atoms with Crippen LogP contribution in [0.1, 0.15) is 0 Å². The molecule has 0 saturated heterocycles. The monoisotopic (exact) mass is 330 g/mol. The predicted molar refractivity (Wildman–Crippen MR) is 101 cm³/mol. The van der Waals surface area contributed by atoms with E-state index in [-0.39, 0.29) is 12.4 Å². The number of rotatable bonds is 4. The Balaban J connectivity index is 0.00000176. The van der Waals surface area contributed by atoms with Crippen molar-refractivity contribution in [2.45, 2.75) is 0 Å². The van der Waals surface area contributed by atoms with E-state index >= 15 is 0 Å². The van der Waals surface area contributed by atoms with Gasteiger partial charge in [0.1, 0.15) is 0 Å². The Morgan fingerprint density at radius 1 is 0.545 bits per heavy atom. The maximum Gasteiger partial charge on any atom is -0.147 e. The Morgan fingerprint density at radius 3 is 1.05 bits per heavy atom. The molecule has 0 spiro atoms. The van der Waals surface area contributed by atoms with Gasteiger partial charge in [-0.25, -0.2) is 0 Å². The van der Waals surface area contributed by atoms with Gasteiger partial charge in [0.05, 0.1) is 0 Å². The van der Waals surface area contributed by atoms with Gasteiger partial charge in [0.25, 0.3) is 0 Å². The maximum absolute atomic E-state index is 6.24. The minimum atomic E-state index is -2.40. The van der Waals surface area contributed by atoms with Crippen LogP contribution in [0.4, 0.5) is 0 Å². The van der Waals surface area contributed by atoms with Crippen molar-refractivity contribution >= 4 is 35.8 Å². The fourth-order valence-corrected chi connectivity index (χ4v) is 6.56. The van der Waals surface area contributed by atoms with Gasteiger partial charge in [-0.2, -0.15) is 0 Å². The third-order valence-electron chi connectivity index (χ3n) is 3.85. The predicted octanol–water partition coefficient (Wildman–Crippen LogP) is 3.70. The molecule has 3 rings (SSSR count). The van der Waals surface area contributed by atoms with E-state index in [2.05, 4.69) is 72.8 Å². The van der Waals surface area contributed by atoms with Crippen molar-refractivity contribution in [3.05, 3.63) is 91.0 Å². The molecule has 3 heteroatoms. The summed E-state index contributed by atoms with van der Waals surface area (Å²) in [7, 11) is -0.565. The van der Waals surface area contributed by atoms with E-state index in [1.807, 2.05) is 25.3 Å². The van der Waals surface area contributed by atoms with Gasteiger partial charge in [-0.15, -0.1) is 12.4 Å². The third-order valence-corrected chi connectivity index (χ3v) is 7.90. The zero-order valence-electron chi connectivity index (χ0n) is 12.5. The van der Waals surface area contributed by atoms with Gasteiger partial charge < -0.3 is 0 Å². The van der Waals surface area contributed by atoms with Crippen LogP contribution >= 0.6 is 19.9 Å². The summed E-state index contributed by atoms with van der Waals surface area (Å²) in [6.45, 7) is 0. The zero-order valence-corrected chi connectivity index (χ0v) is 14.3. The first-order chi connectivity index (χ1) is 10.4. The summed E-state index contributed by atoms with van der Waals surface area (Å²) in [4.78, 5) is 0. The van der Waals surface area contributed by atoms with E-state index < -0.39 is 7.49 Å². The molecule has 0 aliphatic rings. The van der Waals surface area contributed by atoms with Crippen molar-refractivity contribution in [3.63, 3.8) is 0 Å². The molecule has 0 bridgehead atoms. The van der Waals surface area contributed by atoms with Crippen LogP contribution in [0.25, 0.3) is 0 Å². The average molecular weight is 331 g/mol. The van der Waals surface area contributed by atoms with Gasteiger partial charge in [0.15, 0.2) is 0 Å². The summed E-state index contributed by atoms with van der Waals surface area (Å²) in [5.41, 5.74) is 0. The van der Waals surface area contributed by atoms with E-state index in [9.17, 15) is 0 Å². The van der Waals surface area contributed by atoms with Crippen LogP contribution in [-0.4, -0.2) is 7.11 Å². The van der Waals surface area contributed by atoms with Crippen LogP contribution < -0.4 is 15.9 Å². The largest absolute Gasteiger partial charge is 0.147 e. The molecule has 0 amide bonds. The molecule has 22 heavy (non-hydrogen) atoms. The number of benzene rings is 3. The van der Waals surface area contributed by atoms with Gasteiger partial charge >= 0.3 is 126 Å². The van der Waals surface area contributed by atoms with Crippen molar-refractivity contribution < 1.29 is 4.52 Å². The minimum Gasteiger partial charge on any atom is -0.147 e. The summed E-state index contributed by atoms with van der Waals surface area (Å²) >= 11 is 0. The van der Waals surface area contributed by atoms with Crippen molar-refractivity contribution in [2.75, 3.05) is 7.11 Å². The number of halogens is 1. The van der Waals surface area contributed by atoms with Crippen LogP contribution in [-0.2, 0) is 4.52 Å². The molecular weight excluding hydrogens is 311 g/mol. The molecule has 0 aromatic heterocycles. The Morgan fingerprint density at radius 2 is 0.818 bits per heavy atom. The van der Waals surface area contributed by atoms with E-state index in [1.54, 1.807) is 0 Å². The molecule has 3 aromatic carbocycles. The normalized spacial score (nSPS) is 11.5. The van der Waals surface area contributed by atoms with Gasteiger partial charge in [0.2, 0.25) is 0 Å². The van der Waals surface area contributed by atoms with Crippen molar-refractivity contribution in [1.82, 2.24) is 0 Å². The zero-order chi connectivity index (χ0) is 14.5. The van der Waals surface area contributed by atoms with Crippen LogP contribution in [0.2, 0.25) is 0 Å². The molecule has 1 nitrogen and oxygen atoms in total. The molecule has 0 saturated carbocycles. The standard InChI is InChI=1S/C19H19OP.ClH/c1-20-21(17-11-5-2-6-12-17,18-13-7-3-8-14-18)19-15-9-4-10-16-19;/h2-16,21H,1H3;1H. The summed E-state index contributed by atoms with van der Waals surface area (Å²) in [5, 5.41) is 3.81. The average Bonchev–Trinajstić information content (AvgIpc) is 2.59. The molecule has 3 aromatic rings. The first-order valence-electron chi connectivity index (χ1n) is 7.09. The van der Waals surface area contributed by atoms with E-state index in [1.165, 1.54) is 15.9 Å². The van der Waals surface area contributed by atoms with Crippen LogP contribution in [0.15, 0.2) is 91.0 Å². The first kappa shape index (κ1) is 16.7. The molecule has 0 heterocycles. The minimum absolute atomic E-state index is 0.